The summed E-state index contributed by atoms with van der Waals surface area (Å²) in [6.07, 6.45) is 0.843. The molecule has 0 unspecified atom stereocenters. The van der Waals surface area contributed by atoms with Crippen LogP contribution in [-0.4, -0.2) is 28.5 Å². The molecule has 0 aromatic carbocycles. The molecule has 92 valence electrons. The Morgan fingerprint density at radius 3 is 2.67 bits per heavy atom. The van der Waals surface area contributed by atoms with Gasteiger partial charge in [-0.25, -0.2) is 9.88 Å². The molecule has 2 heterocycles. The van der Waals surface area contributed by atoms with Gasteiger partial charge in [0.2, 0.25) is 11.8 Å². The van der Waals surface area contributed by atoms with Gasteiger partial charge in [-0.1, -0.05) is 12.0 Å². The van der Waals surface area contributed by atoms with E-state index in [1.165, 1.54) is 0 Å². The van der Waals surface area contributed by atoms with Crippen molar-refractivity contribution in [2.45, 2.75) is 19.3 Å². The maximum atomic E-state index is 11.6. The Hall–Kier alpha value is -2.19. The Kier molecular flexibility index (Phi) is 3.70. The average Bonchev–Trinajstić information content (AvgIpc) is 2.70. The van der Waals surface area contributed by atoms with Crippen molar-refractivity contribution in [3.8, 4) is 11.8 Å². The van der Waals surface area contributed by atoms with E-state index >= 15 is 0 Å². The van der Waals surface area contributed by atoms with Crippen molar-refractivity contribution in [1.29, 1.82) is 0 Å². The lowest BCUT2D eigenvalue weighted by atomic mass is 10.3. The minimum absolute atomic E-state index is 0.00418. The number of amides is 2. The molecule has 0 bridgehead atoms. The summed E-state index contributed by atoms with van der Waals surface area (Å²) < 4.78 is 0. The van der Waals surface area contributed by atoms with E-state index in [9.17, 15) is 9.59 Å². The quantitative estimate of drug-likeness (QED) is 0.606. The van der Waals surface area contributed by atoms with Crippen LogP contribution in [0.4, 0.5) is 5.82 Å². The Morgan fingerprint density at radius 2 is 2.00 bits per heavy atom. The van der Waals surface area contributed by atoms with Gasteiger partial charge in [0.15, 0.2) is 0 Å². The van der Waals surface area contributed by atoms with Crippen molar-refractivity contribution in [2.75, 3.05) is 11.5 Å². The lowest BCUT2D eigenvalue weighted by Crippen LogP contribution is -2.29. The normalized spacial score (nSPS) is 14.6. The zero-order chi connectivity index (χ0) is 13.0. The largest absolute Gasteiger partial charge is 0.395 e. The molecule has 2 rings (SSSR count). The third-order valence-electron chi connectivity index (χ3n) is 2.47. The van der Waals surface area contributed by atoms with E-state index in [0.29, 0.717) is 17.9 Å². The van der Waals surface area contributed by atoms with Crippen LogP contribution in [0.5, 0.6) is 0 Å². The Labute approximate surface area is 104 Å². The number of pyridine rings is 1. The van der Waals surface area contributed by atoms with Crippen molar-refractivity contribution in [3.05, 3.63) is 23.9 Å². The molecule has 1 aliphatic rings. The van der Waals surface area contributed by atoms with Crippen molar-refractivity contribution >= 4 is 17.6 Å². The van der Waals surface area contributed by atoms with Crippen molar-refractivity contribution < 1.29 is 14.7 Å². The third-order valence-corrected chi connectivity index (χ3v) is 2.47. The average molecular weight is 244 g/mol. The molecular weight excluding hydrogens is 232 g/mol. The standard InChI is InChI=1S/C13H12N2O3/c16-9-2-1-4-10-5-3-6-11(14-10)15-12(17)7-8-13(15)18/h3,5-6,16H,2,7-9H2. The highest BCUT2D eigenvalue weighted by atomic mass is 16.2. The highest BCUT2D eigenvalue weighted by Gasteiger charge is 2.31. The predicted octanol–water partition coefficient (Wildman–Crippen LogP) is 0.469. The number of aliphatic hydroxyl groups is 1. The summed E-state index contributed by atoms with van der Waals surface area (Å²) in [6, 6.07) is 5.00. The van der Waals surface area contributed by atoms with Crippen LogP contribution in [0.3, 0.4) is 0 Å². The van der Waals surface area contributed by atoms with Crippen molar-refractivity contribution in [1.82, 2.24) is 4.98 Å². The fourth-order valence-corrected chi connectivity index (χ4v) is 1.66. The van der Waals surface area contributed by atoms with Crippen LogP contribution in [0.25, 0.3) is 0 Å². The molecule has 5 heteroatoms. The molecule has 0 aliphatic carbocycles. The van der Waals surface area contributed by atoms with Crippen LogP contribution in [0.15, 0.2) is 18.2 Å². The van der Waals surface area contributed by atoms with Gasteiger partial charge in [0.25, 0.3) is 0 Å². The summed E-state index contributed by atoms with van der Waals surface area (Å²) in [4.78, 5) is 28.4. The van der Waals surface area contributed by atoms with Gasteiger partial charge in [-0.2, -0.15) is 0 Å². The fraction of sp³-hybridized carbons (Fsp3) is 0.308. The maximum Gasteiger partial charge on any atom is 0.235 e. The Balaban J connectivity index is 2.25. The zero-order valence-corrected chi connectivity index (χ0v) is 9.72. The minimum atomic E-state index is -0.229. The smallest absolute Gasteiger partial charge is 0.235 e. The van der Waals surface area contributed by atoms with E-state index in [1.807, 2.05) is 0 Å². The maximum absolute atomic E-state index is 11.6. The Morgan fingerprint density at radius 1 is 1.28 bits per heavy atom. The summed E-state index contributed by atoms with van der Waals surface area (Å²) >= 11 is 0. The van der Waals surface area contributed by atoms with E-state index in [0.717, 1.165) is 4.90 Å². The van der Waals surface area contributed by atoms with Crippen molar-refractivity contribution in [2.24, 2.45) is 0 Å². The molecule has 1 aromatic heterocycles. The number of hydrogen-bond acceptors (Lipinski definition) is 4. The van der Waals surface area contributed by atoms with Gasteiger partial charge in [0.05, 0.1) is 6.61 Å². The van der Waals surface area contributed by atoms with E-state index in [4.69, 9.17) is 5.11 Å². The summed E-state index contributed by atoms with van der Waals surface area (Å²) in [5, 5.41) is 8.62. The molecule has 0 saturated carbocycles. The number of aromatic nitrogens is 1. The van der Waals surface area contributed by atoms with Gasteiger partial charge in [0, 0.05) is 19.3 Å². The van der Waals surface area contributed by atoms with E-state index in [1.54, 1.807) is 18.2 Å². The van der Waals surface area contributed by atoms with Crippen LogP contribution in [0, 0.1) is 11.8 Å². The molecule has 1 fully saturated rings. The molecule has 1 N–H and O–H groups in total. The molecular formula is C13H12N2O3. The van der Waals surface area contributed by atoms with Crippen LogP contribution in [0.2, 0.25) is 0 Å². The van der Waals surface area contributed by atoms with E-state index in [2.05, 4.69) is 16.8 Å². The molecule has 5 nitrogen and oxygen atoms in total. The number of rotatable bonds is 2. The molecule has 18 heavy (non-hydrogen) atoms. The summed E-state index contributed by atoms with van der Waals surface area (Å²) in [5.41, 5.74) is 0.480. The van der Waals surface area contributed by atoms with Gasteiger partial charge < -0.3 is 5.11 Å². The number of carbonyl (C=O) groups is 2. The fourth-order valence-electron chi connectivity index (χ4n) is 1.66. The third kappa shape index (κ3) is 2.55. The second-order valence-electron chi connectivity index (χ2n) is 3.78. The van der Waals surface area contributed by atoms with Gasteiger partial charge in [0.1, 0.15) is 11.5 Å². The summed E-state index contributed by atoms with van der Waals surface area (Å²) in [5.74, 6) is 5.37. The summed E-state index contributed by atoms with van der Waals surface area (Å²) in [6.45, 7) is -0.00418. The highest BCUT2D eigenvalue weighted by molar-refractivity contribution is 6.19. The van der Waals surface area contributed by atoms with Gasteiger partial charge in [-0.3, -0.25) is 9.59 Å². The molecule has 1 aromatic rings. The second kappa shape index (κ2) is 5.43. The Bertz CT molecular complexity index is 527. The highest BCUT2D eigenvalue weighted by Crippen LogP contribution is 2.20. The second-order valence-corrected chi connectivity index (χ2v) is 3.78. The minimum Gasteiger partial charge on any atom is -0.395 e. The van der Waals surface area contributed by atoms with Crippen LogP contribution in [0.1, 0.15) is 25.0 Å². The zero-order valence-electron chi connectivity index (χ0n) is 9.72. The number of hydrogen-bond donors (Lipinski definition) is 1. The number of nitrogens with zero attached hydrogens (tertiary/aromatic N) is 2. The predicted molar refractivity (Wildman–Crippen MR) is 64.5 cm³/mol. The lowest BCUT2D eigenvalue weighted by molar-refractivity contribution is -0.121. The molecule has 0 spiro atoms. The van der Waals surface area contributed by atoms with Crippen molar-refractivity contribution in [3.63, 3.8) is 0 Å². The molecule has 2 amide bonds. The van der Waals surface area contributed by atoms with Gasteiger partial charge >= 0.3 is 0 Å². The first-order valence-electron chi connectivity index (χ1n) is 5.65. The van der Waals surface area contributed by atoms with Crippen LogP contribution >= 0.6 is 0 Å². The first kappa shape index (κ1) is 12.3. The van der Waals surface area contributed by atoms with Crippen LogP contribution in [-0.2, 0) is 9.59 Å². The van der Waals surface area contributed by atoms with Gasteiger partial charge in [-0.05, 0) is 18.1 Å². The molecule has 0 atom stereocenters. The number of imide groups is 1. The number of anilines is 1. The molecule has 1 saturated heterocycles. The van der Waals surface area contributed by atoms with E-state index < -0.39 is 0 Å². The molecule has 1 aliphatic heterocycles. The van der Waals surface area contributed by atoms with Gasteiger partial charge in [-0.15, -0.1) is 0 Å². The molecule has 0 radical (unpaired) electrons. The SMILES string of the molecule is O=C1CCC(=O)N1c1cccc(C#CCCO)n1. The number of aliphatic hydroxyl groups excluding tert-OH is 1. The topological polar surface area (TPSA) is 70.5 Å². The monoisotopic (exact) mass is 244 g/mol. The van der Waals surface area contributed by atoms with E-state index in [-0.39, 0.29) is 31.3 Å². The van der Waals surface area contributed by atoms with Crippen LogP contribution < -0.4 is 4.90 Å². The number of carbonyl (C=O) groups excluding carboxylic acids is 2. The summed E-state index contributed by atoms with van der Waals surface area (Å²) in [7, 11) is 0. The first-order valence-corrected chi connectivity index (χ1v) is 5.65. The first-order chi connectivity index (χ1) is 8.72. The lowest BCUT2D eigenvalue weighted by Gasteiger charge is -2.12.